The number of benzene rings is 1. The van der Waals surface area contributed by atoms with Crippen LogP contribution in [0.25, 0.3) is 0 Å². The number of rotatable bonds is 0. The van der Waals surface area contributed by atoms with Crippen molar-refractivity contribution in [3.05, 3.63) is 34.3 Å². The van der Waals surface area contributed by atoms with E-state index in [1.54, 1.807) is 0 Å². The number of Topliss-reactive ketones (excluding diaryl/α,β-unsaturated/α-hetero) is 1. The van der Waals surface area contributed by atoms with Gasteiger partial charge in [-0.15, -0.1) is 0 Å². The molecular weight excluding hydrogens is 220 g/mol. The second kappa shape index (κ2) is 3.59. The Balaban J connectivity index is 2.08. The minimum absolute atomic E-state index is 0.0301. The van der Waals surface area contributed by atoms with Gasteiger partial charge in [-0.2, -0.15) is 0 Å². The Morgan fingerprint density at radius 1 is 1.12 bits per heavy atom. The molecule has 0 aromatic heterocycles. The SMILES string of the molecule is O=C1c2cccc(Cl)c2CCC12CCCC2. The van der Waals surface area contributed by atoms with Crippen LogP contribution in [0.3, 0.4) is 0 Å². The van der Waals surface area contributed by atoms with Crippen LogP contribution < -0.4 is 0 Å². The van der Waals surface area contributed by atoms with Gasteiger partial charge in [-0.25, -0.2) is 0 Å². The summed E-state index contributed by atoms with van der Waals surface area (Å²) in [5.41, 5.74) is 1.94. The summed E-state index contributed by atoms with van der Waals surface area (Å²) in [6, 6.07) is 5.73. The van der Waals surface area contributed by atoms with Gasteiger partial charge >= 0.3 is 0 Å². The Morgan fingerprint density at radius 2 is 1.88 bits per heavy atom. The van der Waals surface area contributed by atoms with Gasteiger partial charge < -0.3 is 0 Å². The van der Waals surface area contributed by atoms with Crippen molar-refractivity contribution >= 4 is 17.4 Å². The maximum atomic E-state index is 12.5. The van der Waals surface area contributed by atoms with E-state index in [0.717, 1.165) is 41.8 Å². The van der Waals surface area contributed by atoms with Gasteiger partial charge in [0.15, 0.2) is 5.78 Å². The van der Waals surface area contributed by atoms with Crippen LogP contribution in [0.2, 0.25) is 5.02 Å². The van der Waals surface area contributed by atoms with E-state index in [0.29, 0.717) is 5.78 Å². The minimum atomic E-state index is -0.0301. The van der Waals surface area contributed by atoms with Crippen molar-refractivity contribution in [3.8, 4) is 0 Å². The monoisotopic (exact) mass is 234 g/mol. The normalized spacial score (nSPS) is 22.4. The molecule has 0 atom stereocenters. The number of halogens is 1. The van der Waals surface area contributed by atoms with E-state index < -0.39 is 0 Å². The number of hydrogen-bond donors (Lipinski definition) is 0. The predicted octanol–water partition coefficient (Wildman–Crippen LogP) is 4.03. The van der Waals surface area contributed by atoms with Crippen molar-refractivity contribution in [1.82, 2.24) is 0 Å². The van der Waals surface area contributed by atoms with Gasteiger partial charge in [-0.05, 0) is 37.3 Å². The van der Waals surface area contributed by atoms with Crippen molar-refractivity contribution in [3.63, 3.8) is 0 Å². The first-order chi connectivity index (χ1) is 7.73. The zero-order valence-corrected chi connectivity index (χ0v) is 10.0. The van der Waals surface area contributed by atoms with Crippen LogP contribution in [-0.4, -0.2) is 5.78 Å². The van der Waals surface area contributed by atoms with Crippen LogP contribution in [0.1, 0.15) is 48.0 Å². The molecule has 1 fully saturated rings. The maximum absolute atomic E-state index is 12.5. The lowest BCUT2D eigenvalue weighted by Crippen LogP contribution is -2.33. The molecule has 0 radical (unpaired) electrons. The van der Waals surface area contributed by atoms with Gasteiger partial charge in [0.25, 0.3) is 0 Å². The summed E-state index contributed by atoms with van der Waals surface area (Å²) in [6.07, 6.45) is 6.56. The second-order valence-corrected chi connectivity index (χ2v) is 5.49. The summed E-state index contributed by atoms with van der Waals surface area (Å²) in [5, 5.41) is 0.763. The maximum Gasteiger partial charge on any atom is 0.169 e. The predicted molar refractivity (Wildman–Crippen MR) is 65.0 cm³/mol. The number of carbonyl (C=O) groups is 1. The molecule has 1 aromatic rings. The molecule has 1 nitrogen and oxygen atoms in total. The average molecular weight is 235 g/mol. The van der Waals surface area contributed by atoms with Crippen LogP contribution in [0, 0.1) is 5.41 Å². The van der Waals surface area contributed by atoms with Gasteiger partial charge in [-0.1, -0.05) is 36.6 Å². The molecule has 3 rings (SSSR count). The second-order valence-electron chi connectivity index (χ2n) is 5.08. The van der Waals surface area contributed by atoms with Crippen LogP contribution in [-0.2, 0) is 6.42 Å². The van der Waals surface area contributed by atoms with Crippen molar-refractivity contribution in [2.45, 2.75) is 38.5 Å². The van der Waals surface area contributed by atoms with Gasteiger partial charge in [0, 0.05) is 16.0 Å². The summed E-state index contributed by atoms with van der Waals surface area (Å²) in [7, 11) is 0. The Labute approximate surface area is 101 Å². The van der Waals surface area contributed by atoms with Crippen molar-refractivity contribution in [2.75, 3.05) is 0 Å². The van der Waals surface area contributed by atoms with E-state index in [-0.39, 0.29) is 5.41 Å². The van der Waals surface area contributed by atoms with Crippen LogP contribution in [0.15, 0.2) is 18.2 Å². The third-order valence-corrected chi connectivity index (χ3v) is 4.61. The summed E-state index contributed by atoms with van der Waals surface area (Å²) >= 11 is 6.15. The van der Waals surface area contributed by atoms with E-state index in [2.05, 4.69) is 0 Å². The van der Waals surface area contributed by atoms with Crippen molar-refractivity contribution < 1.29 is 4.79 Å². The van der Waals surface area contributed by atoms with Gasteiger partial charge in [-0.3, -0.25) is 4.79 Å². The van der Waals surface area contributed by atoms with Crippen molar-refractivity contribution in [1.29, 1.82) is 0 Å². The molecule has 2 aliphatic carbocycles. The molecule has 0 bridgehead atoms. The summed E-state index contributed by atoms with van der Waals surface area (Å²) in [5.74, 6) is 0.355. The molecule has 16 heavy (non-hydrogen) atoms. The Kier molecular flexibility index (Phi) is 2.32. The number of ketones is 1. The highest BCUT2D eigenvalue weighted by Gasteiger charge is 2.44. The molecule has 0 saturated heterocycles. The fraction of sp³-hybridized carbons (Fsp3) is 0.500. The number of fused-ring (bicyclic) bond motifs is 1. The zero-order valence-electron chi connectivity index (χ0n) is 9.26. The van der Waals surface area contributed by atoms with Crippen molar-refractivity contribution in [2.24, 2.45) is 5.41 Å². The molecule has 1 saturated carbocycles. The first-order valence-corrected chi connectivity index (χ1v) is 6.43. The molecule has 1 aromatic carbocycles. The van der Waals surface area contributed by atoms with Gasteiger partial charge in [0.1, 0.15) is 0 Å². The standard InChI is InChI=1S/C14H15ClO/c15-12-5-3-4-11-10(12)6-9-14(13(11)16)7-1-2-8-14/h3-5H,1-2,6-9H2. The molecule has 2 heteroatoms. The van der Waals surface area contributed by atoms with Gasteiger partial charge in [0.05, 0.1) is 0 Å². The number of carbonyl (C=O) groups excluding carboxylic acids is 1. The molecule has 0 heterocycles. The van der Waals surface area contributed by atoms with E-state index in [9.17, 15) is 4.79 Å². The first-order valence-electron chi connectivity index (χ1n) is 6.05. The van der Waals surface area contributed by atoms with E-state index >= 15 is 0 Å². The van der Waals surface area contributed by atoms with Crippen LogP contribution >= 0.6 is 11.6 Å². The highest BCUT2D eigenvalue weighted by molar-refractivity contribution is 6.32. The molecule has 0 aliphatic heterocycles. The summed E-state index contributed by atoms with van der Waals surface area (Å²) in [4.78, 5) is 12.5. The van der Waals surface area contributed by atoms with Crippen LogP contribution in [0.5, 0.6) is 0 Å². The quantitative estimate of drug-likeness (QED) is 0.663. The lowest BCUT2D eigenvalue weighted by atomic mass is 9.69. The lowest BCUT2D eigenvalue weighted by molar-refractivity contribution is 0.0765. The summed E-state index contributed by atoms with van der Waals surface area (Å²) in [6.45, 7) is 0. The highest BCUT2D eigenvalue weighted by Crippen LogP contribution is 2.48. The zero-order chi connectivity index (χ0) is 11.2. The third-order valence-electron chi connectivity index (χ3n) is 4.26. The molecule has 2 aliphatic rings. The molecule has 0 N–H and O–H groups in total. The molecule has 1 spiro atoms. The van der Waals surface area contributed by atoms with Crippen LogP contribution in [0.4, 0.5) is 0 Å². The lowest BCUT2D eigenvalue weighted by Gasteiger charge is -2.33. The Bertz CT molecular complexity index is 444. The van der Waals surface area contributed by atoms with Gasteiger partial charge in [0.2, 0.25) is 0 Å². The minimum Gasteiger partial charge on any atom is -0.294 e. The highest BCUT2D eigenvalue weighted by atomic mass is 35.5. The fourth-order valence-corrected chi connectivity index (χ4v) is 3.59. The number of hydrogen-bond acceptors (Lipinski definition) is 1. The smallest absolute Gasteiger partial charge is 0.169 e. The molecule has 0 unspecified atom stereocenters. The first kappa shape index (κ1) is 10.3. The Hall–Kier alpha value is -0.820. The fourth-order valence-electron chi connectivity index (χ4n) is 3.32. The topological polar surface area (TPSA) is 17.1 Å². The molecule has 0 amide bonds. The summed E-state index contributed by atoms with van der Waals surface area (Å²) < 4.78 is 0. The molecular formula is C14H15ClO. The Morgan fingerprint density at radius 3 is 2.62 bits per heavy atom. The third kappa shape index (κ3) is 1.34. The molecule has 84 valence electrons. The largest absolute Gasteiger partial charge is 0.294 e. The van der Waals surface area contributed by atoms with E-state index in [1.165, 1.54) is 12.8 Å². The average Bonchev–Trinajstić information content (AvgIpc) is 2.75. The van der Waals surface area contributed by atoms with E-state index in [4.69, 9.17) is 11.6 Å². The van der Waals surface area contributed by atoms with E-state index in [1.807, 2.05) is 18.2 Å².